The Morgan fingerprint density at radius 3 is 2.37 bits per heavy atom. The molecule has 0 unspecified atom stereocenters. The topological polar surface area (TPSA) is 94.8 Å². The Hall–Kier alpha value is -3.26. The lowest BCUT2D eigenvalue weighted by Gasteiger charge is -2.30. The number of amides is 1. The molecule has 3 rings (SSSR count). The Kier molecular flexibility index (Phi) is 8.62. The van der Waals surface area contributed by atoms with E-state index in [2.05, 4.69) is 50.7 Å². The van der Waals surface area contributed by atoms with Gasteiger partial charge < -0.3 is 29.6 Å². The van der Waals surface area contributed by atoms with Crippen LogP contribution >= 0.6 is 0 Å². The van der Waals surface area contributed by atoms with E-state index in [1.54, 1.807) is 17.0 Å². The molecule has 2 aromatic carbocycles. The normalized spacial score (nSPS) is 14.7. The van der Waals surface area contributed by atoms with Crippen LogP contribution in [-0.2, 0) is 10.2 Å². The number of rotatable bonds is 8. The van der Waals surface area contributed by atoms with Gasteiger partial charge in [-0.05, 0) is 49.1 Å². The van der Waals surface area contributed by atoms with Crippen LogP contribution in [0.4, 0.5) is 5.69 Å². The van der Waals surface area contributed by atoms with Crippen molar-refractivity contribution in [2.24, 2.45) is 5.16 Å². The molecule has 2 aromatic rings. The van der Waals surface area contributed by atoms with Gasteiger partial charge in [0.15, 0.2) is 0 Å². The summed E-state index contributed by atoms with van der Waals surface area (Å²) in [6.07, 6.45) is 0. The van der Waals surface area contributed by atoms with Gasteiger partial charge in [0.1, 0.15) is 23.8 Å². The number of morpholine rings is 1. The number of phenols is 1. The molecule has 0 aromatic heterocycles. The summed E-state index contributed by atoms with van der Waals surface area (Å²) in [5, 5.41) is 23.7. The highest BCUT2D eigenvalue weighted by Gasteiger charge is 2.23. The quantitative estimate of drug-likeness (QED) is 0.331. The summed E-state index contributed by atoms with van der Waals surface area (Å²) in [6, 6.07) is 10.6. The molecule has 0 saturated carbocycles. The van der Waals surface area contributed by atoms with E-state index in [1.807, 2.05) is 12.1 Å². The first-order valence-corrected chi connectivity index (χ1v) is 12.1. The van der Waals surface area contributed by atoms with Gasteiger partial charge in [-0.3, -0.25) is 4.79 Å². The van der Waals surface area contributed by atoms with E-state index < -0.39 is 0 Å². The van der Waals surface area contributed by atoms with Crippen molar-refractivity contribution in [1.29, 1.82) is 0 Å². The number of nitrogens with zero attached hydrogens (tertiary/aromatic N) is 3. The van der Waals surface area contributed by atoms with E-state index in [-0.39, 0.29) is 29.2 Å². The number of hydrogen-bond acceptors (Lipinski definition) is 7. The van der Waals surface area contributed by atoms with Crippen molar-refractivity contribution in [2.45, 2.75) is 40.0 Å². The highest BCUT2D eigenvalue weighted by atomic mass is 16.5. The van der Waals surface area contributed by atoms with Gasteiger partial charge in [0.25, 0.3) is 5.91 Å². The molecule has 8 nitrogen and oxygen atoms in total. The summed E-state index contributed by atoms with van der Waals surface area (Å²) in [5.74, 6) is -0.0176. The predicted molar refractivity (Wildman–Crippen MR) is 137 cm³/mol. The minimum atomic E-state index is -0.238. The van der Waals surface area contributed by atoms with E-state index >= 15 is 0 Å². The molecule has 0 spiro atoms. The first kappa shape index (κ1) is 26.3. The number of anilines is 1. The van der Waals surface area contributed by atoms with Gasteiger partial charge in [-0.25, -0.2) is 0 Å². The number of aromatic hydroxyl groups is 1. The van der Waals surface area contributed by atoms with Crippen molar-refractivity contribution in [2.75, 3.05) is 50.9 Å². The zero-order valence-corrected chi connectivity index (χ0v) is 21.4. The van der Waals surface area contributed by atoms with Gasteiger partial charge in [0.2, 0.25) is 0 Å². The molecule has 1 aliphatic heterocycles. The monoisotopic (exact) mass is 483 g/mol. The molecule has 2 N–H and O–H groups in total. The van der Waals surface area contributed by atoms with Crippen molar-refractivity contribution in [3.05, 3.63) is 53.1 Å². The Bertz CT molecular complexity index is 1050. The van der Waals surface area contributed by atoms with Crippen molar-refractivity contribution < 1.29 is 24.6 Å². The first-order valence-electron chi connectivity index (χ1n) is 12.1. The van der Waals surface area contributed by atoms with Crippen LogP contribution in [0.3, 0.4) is 0 Å². The number of ether oxygens (including phenoxy) is 2. The molecular formula is C27H37N3O5. The molecule has 0 bridgehead atoms. The number of carbonyl (C=O) groups is 1. The van der Waals surface area contributed by atoms with Crippen molar-refractivity contribution in [3.63, 3.8) is 0 Å². The molecule has 1 aliphatic rings. The molecule has 35 heavy (non-hydrogen) atoms. The van der Waals surface area contributed by atoms with Gasteiger partial charge in [-0.2, -0.15) is 0 Å². The van der Waals surface area contributed by atoms with Gasteiger partial charge in [0, 0.05) is 43.5 Å². The minimum Gasteiger partial charge on any atom is -0.507 e. The Balaban J connectivity index is 1.77. The molecule has 8 heteroatoms. The third kappa shape index (κ3) is 6.25. The fourth-order valence-electron chi connectivity index (χ4n) is 4.20. The van der Waals surface area contributed by atoms with E-state index in [0.717, 1.165) is 29.9 Å². The second kappa shape index (κ2) is 11.4. The second-order valence-corrected chi connectivity index (χ2v) is 9.57. The Morgan fingerprint density at radius 2 is 1.80 bits per heavy atom. The van der Waals surface area contributed by atoms with E-state index in [9.17, 15) is 15.1 Å². The summed E-state index contributed by atoms with van der Waals surface area (Å²) in [4.78, 5) is 16.6. The summed E-state index contributed by atoms with van der Waals surface area (Å²) in [5.41, 5.74) is 3.56. The first-order chi connectivity index (χ1) is 16.7. The largest absolute Gasteiger partial charge is 0.507 e. The number of hydrogen-bond donors (Lipinski definition) is 2. The van der Waals surface area contributed by atoms with Crippen LogP contribution in [-0.4, -0.2) is 72.8 Å². The second-order valence-electron chi connectivity index (χ2n) is 9.57. The molecular weight excluding hydrogens is 446 g/mol. The molecule has 1 saturated heterocycles. The average molecular weight is 484 g/mol. The van der Waals surface area contributed by atoms with Crippen LogP contribution in [0.1, 0.15) is 56.1 Å². The SMILES string of the molecule is CCN(CC)c1ccc(/C(COc2ccc(C(=O)N3CCOCC3)c(O)c2)=N\O)cc1C(C)(C)C. The summed E-state index contributed by atoms with van der Waals surface area (Å²) < 4.78 is 11.1. The third-order valence-electron chi connectivity index (χ3n) is 6.24. The highest BCUT2D eigenvalue weighted by molar-refractivity contribution is 6.02. The lowest BCUT2D eigenvalue weighted by atomic mass is 9.84. The van der Waals surface area contributed by atoms with E-state index in [4.69, 9.17) is 9.47 Å². The third-order valence-corrected chi connectivity index (χ3v) is 6.24. The number of benzene rings is 2. The fraction of sp³-hybridized carbons (Fsp3) is 0.481. The van der Waals surface area contributed by atoms with Gasteiger partial charge in [-0.15, -0.1) is 0 Å². The number of oxime groups is 1. The van der Waals surface area contributed by atoms with Crippen molar-refractivity contribution >= 4 is 17.3 Å². The van der Waals surface area contributed by atoms with E-state index in [1.165, 1.54) is 6.07 Å². The van der Waals surface area contributed by atoms with Crippen LogP contribution in [0.25, 0.3) is 0 Å². The smallest absolute Gasteiger partial charge is 0.257 e. The molecule has 1 amide bonds. The zero-order valence-electron chi connectivity index (χ0n) is 21.4. The minimum absolute atomic E-state index is 0.000889. The Morgan fingerprint density at radius 1 is 1.11 bits per heavy atom. The molecule has 0 radical (unpaired) electrons. The summed E-state index contributed by atoms with van der Waals surface area (Å²) in [7, 11) is 0. The summed E-state index contributed by atoms with van der Waals surface area (Å²) in [6.45, 7) is 14.5. The lowest BCUT2D eigenvalue weighted by Crippen LogP contribution is -2.40. The molecule has 190 valence electrons. The maximum absolute atomic E-state index is 12.7. The maximum atomic E-state index is 12.7. The molecule has 0 atom stereocenters. The number of carbonyl (C=O) groups excluding carboxylic acids is 1. The van der Waals surface area contributed by atoms with Gasteiger partial charge >= 0.3 is 0 Å². The van der Waals surface area contributed by atoms with Crippen molar-refractivity contribution in [3.8, 4) is 11.5 Å². The lowest BCUT2D eigenvalue weighted by molar-refractivity contribution is 0.0301. The van der Waals surface area contributed by atoms with Gasteiger partial charge in [0.05, 0.1) is 18.8 Å². The average Bonchev–Trinajstić information content (AvgIpc) is 2.85. The maximum Gasteiger partial charge on any atom is 0.257 e. The van der Waals surface area contributed by atoms with Crippen LogP contribution in [0, 0.1) is 0 Å². The fourth-order valence-corrected chi connectivity index (χ4v) is 4.20. The van der Waals surface area contributed by atoms with Crippen molar-refractivity contribution in [1.82, 2.24) is 4.90 Å². The molecule has 1 fully saturated rings. The zero-order chi connectivity index (χ0) is 25.6. The Labute approximate surface area is 207 Å². The van der Waals surface area contributed by atoms with E-state index in [0.29, 0.717) is 37.8 Å². The predicted octanol–water partition coefficient (Wildman–Crippen LogP) is 4.27. The van der Waals surface area contributed by atoms with Crippen LogP contribution in [0.2, 0.25) is 0 Å². The van der Waals surface area contributed by atoms with Crippen LogP contribution < -0.4 is 9.64 Å². The van der Waals surface area contributed by atoms with Crippen LogP contribution in [0.15, 0.2) is 41.6 Å². The molecule has 1 heterocycles. The molecule has 0 aliphatic carbocycles. The summed E-state index contributed by atoms with van der Waals surface area (Å²) >= 11 is 0. The van der Waals surface area contributed by atoms with Crippen LogP contribution in [0.5, 0.6) is 11.5 Å². The number of phenolic OH excluding ortho intramolecular Hbond substituents is 1. The standard InChI is InChI=1S/C27H37N3O5/c1-6-29(7-2)24-11-8-19(16-22(24)27(3,4)5)23(28-33)18-35-20-9-10-21(25(31)17-20)26(32)30-12-14-34-15-13-30/h8-11,16-17,31,33H,6-7,12-15,18H2,1-5H3/b28-23-. The highest BCUT2D eigenvalue weighted by Crippen LogP contribution is 2.33. The van der Waals surface area contributed by atoms with Gasteiger partial charge in [-0.1, -0.05) is 32.0 Å².